The molecule has 7 heteroatoms. The fraction of sp³-hybridized carbons (Fsp3) is 0.409. The maximum atomic E-state index is 13.5. The molecule has 1 heterocycles. The summed E-state index contributed by atoms with van der Waals surface area (Å²) in [6, 6.07) is 11.8. The number of hydrogen-bond donors (Lipinski definition) is 0. The van der Waals surface area contributed by atoms with Crippen LogP contribution >= 0.6 is 0 Å². The van der Waals surface area contributed by atoms with Crippen molar-refractivity contribution in [2.75, 3.05) is 46.5 Å². The largest absolute Gasteiger partial charge is 0.496 e. The number of ether oxygens (including phenoxy) is 3. The van der Waals surface area contributed by atoms with Crippen LogP contribution in [0.3, 0.4) is 0 Å². The van der Waals surface area contributed by atoms with Gasteiger partial charge in [-0.1, -0.05) is 0 Å². The van der Waals surface area contributed by atoms with E-state index in [-0.39, 0.29) is 18.3 Å². The van der Waals surface area contributed by atoms with Crippen LogP contribution in [-0.4, -0.2) is 62.2 Å². The number of piperazine rings is 1. The van der Waals surface area contributed by atoms with Gasteiger partial charge in [0.1, 0.15) is 23.1 Å². The molecule has 3 rings (SSSR count). The van der Waals surface area contributed by atoms with Crippen LogP contribution < -0.4 is 14.2 Å². The van der Waals surface area contributed by atoms with Crippen molar-refractivity contribution in [3.8, 4) is 17.2 Å². The Bertz CT molecular complexity index is 805. The molecule has 1 aliphatic rings. The van der Waals surface area contributed by atoms with Gasteiger partial charge < -0.3 is 19.1 Å². The number of hydrogen-bond acceptors (Lipinski definition) is 5. The molecule has 2 aromatic rings. The SMILES string of the molecule is CCOc1ccc(OCC(=O)N2CCN(Cc3cc(F)ccc3OC)CC2)cc1. The molecule has 0 aromatic heterocycles. The topological polar surface area (TPSA) is 51.2 Å². The zero-order chi connectivity index (χ0) is 20.6. The Morgan fingerprint density at radius 1 is 1.00 bits per heavy atom. The average Bonchev–Trinajstić information content (AvgIpc) is 2.74. The number of methoxy groups -OCH3 is 1. The highest BCUT2D eigenvalue weighted by molar-refractivity contribution is 5.77. The van der Waals surface area contributed by atoms with E-state index >= 15 is 0 Å². The summed E-state index contributed by atoms with van der Waals surface area (Å²) >= 11 is 0. The van der Waals surface area contributed by atoms with Crippen molar-refractivity contribution in [3.05, 3.63) is 53.8 Å². The second-order valence-corrected chi connectivity index (χ2v) is 6.81. The normalized spacial score (nSPS) is 14.5. The molecule has 1 aliphatic heterocycles. The molecule has 0 spiro atoms. The lowest BCUT2D eigenvalue weighted by molar-refractivity contribution is -0.135. The molecule has 6 nitrogen and oxygen atoms in total. The molecule has 0 atom stereocenters. The fourth-order valence-corrected chi connectivity index (χ4v) is 3.30. The van der Waals surface area contributed by atoms with Crippen LogP contribution in [0.15, 0.2) is 42.5 Å². The Morgan fingerprint density at radius 3 is 2.28 bits per heavy atom. The molecule has 156 valence electrons. The van der Waals surface area contributed by atoms with E-state index < -0.39 is 0 Å². The number of carbonyl (C=O) groups excluding carboxylic acids is 1. The van der Waals surface area contributed by atoms with Gasteiger partial charge in [-0.3, -0.25) is 9.69 Å². The summed E-state index contributed by atoms with van der Waals surface area (Å²) in [6.07, 6.45) is 0. The zero-order valence-corrected chi connectivity index (χ0v) is 16.9. The third kappa shape index (κ3) is 5.84. The molecular formula is C22H27FN2O4. The number of amides is 1. The lowest BCUT2D eigenvalue weighted by atomic mass is 10.1. The molecule has 0 radical (unpaired) electrons. The van der Waals surface area contributed by atoms with Gasteiger partial charge in [0.15, 0.2) is 6.61 Å². The van der Waals surface area contributed by atoms with Gasteiger partial charge in [-0.15, -0.1) is 0 Å². The standard InChI is InChI=1S/C22H27FN2O4/c1-3-28-19-5-7-20(8-6-19)29-16-22(26)25-12-10-24(11-13-25)15-17-14-18(23)4-9-21(17)27-2/h4-9,14H,3,10-13,15-16H2,1-2H3. The van der Waals surface area contributed by atoms with Crippen LogP contribution in [0.4, 0.5) is 4.39 Å². The molecule has 0 bridgehead atoms. The predicted molar refractivity (Wildman–Crippen MR) is 108 cm³/mol. The van der Waals surface area contributed by atoms with E-state index in [2.05, 4.69) is 4.90 Å². The van der Waals surface area contributed by atoms with Crippen molar-refractivity contribution < 1.29 is 23.4 Å². The predicted octanol–water partition coefficient (Wildman–Crippen LogP) is 2.96. The summed E-state index contributed by atoms with van der Waals surface area (Å²) in [4.78, 5) is 16.4. The van der Waals surface area contributed by atoms with E-state index in [1.807, 2.05) is 19.1 Å². The minimum absolute atomic E-state index is 0.00566. The van der Waals surface area contributed by atoms with Crippen molar-refractivity contribution in [2.24, 2.45) is 0 Å². The van der Waals surface area contributed by atoms with E-state index in [9.17, 15) is 9.18 Å². The summed E-state index contributed by atoms with van der Waals surface area (Å²) in [5.74, 6) is 1.77. The van der Waals surface area contributed by atoms with Crippen molar-refractivity contribution >= 4 is 5.91 Å². The number of halogens is 1. The summed E-state index contributed by atoms with van der Waals surface area (Å²) in [5.41, 5.74) is 0.811. The minimum Gasteiger partial charge on any atom is -0.496 e. The molecule has 1 saturated heterocycles. The highest BCUT2D eigenvalue weighted by Crippen LogP contribution is 2.22. The fourth-order valence-electron chi connectivity index (χ4n) is 3.30. The van der Waals surface area contributed by atoms with Gasteiger partial charge in [-0.25, -0.2) is 4.39 Å². The third-order valence-electron chi connectivity index (χ3n) is 4.86. The molecule has 1 fully saturated rings. The Labute approximate surface area is 170 Å². The molecule has 0 N–H and O–H groups in total. The van der Waals surface area contributed by atoms with Crippen LogP contribution in [0.25, 0.3) is 0 Å². The number of nitrogens with zero attached hydrogens (tertiary/aromatic N) is 2. The Morgan fingerprint density at radius 2 is 1.66 bits per heavy atom. The van der Waals surface area contributed by atoms with Gasteiger partial charge in [-0.05, 0) is 49.4 Å². The van der Waals surface area contributed by atoms with Crippen LogP contribution in [0.5, 0.6) is 17.2 Å². The van der Waals surface area contributed by atoms with E-state index in [1.54, 1.807) is 30.2 Å². The first-order valence-corrected chi connectivity index (χ1v) is 9.77. The van der Waals surface area contributed by atoms with Gasteiger partial charge in [0.2, 0.25) is 0 Å². The van der Waals surface area contributed by atoms with Crippen molar-refractivity contribution in [1.29, 1.82) is 0 Å². The van der Waals surface area contributed by atoms with Crippen LogP contribution in [0.2, 0.25) is 0 Å². The highest BCUT2D eigenvalue weighted by Gasteiger charge is 2.22. The van der Waals surface area contributed by atoms with E-state index in [1.165, 1.54) is 12.1 Å². The van der Waals surface area contributed by atoms with Crippen molar-refractivity contribution in [1.82, 2.24) is 9.80 Å². The molecule has 29 heavy (non-hydrogen) atoms. The molecule has 1 amide bonds. The summed E-state index contributed by atoms with van der Waals surface area (Å²) in [5, 5.41) is 0. The zero-order valence-electron chi connectivity index (χ0n) is 16.9. The van der Waals surface area contributed by atoms with Crippen molar-refractivity contribution in [3.63, 3.8) is 0 Å². The van der Waals surface area contributed by atoms with Gasteiger partial charge >= 0.3 is 0 Å². The third-order valence-corrected chi connectivity index (χ3v) is 4.86. The maximum absolute atomic E-state index is 13.5. The Balaban J connectivity index is 1.45. The Hall–Kier alpha value is -2.80. The first-order chi connectivity index (χ1) is 14.1. The number of benzene rings is 2. The smallest absolute Gasteiger partial charge is 0.260 e. The number of carbonyl (C=O) groups is 1. The van der Waals surface area contributed by atoms with E-state index in [4.69, 9.17) is 14.2 Å². The first kappa shape index (κ1) is 20.9. The quantitative estimate of drug-likeness (QED) is 0.680. The first-order valence-electron chi connectivity index (χ1n) is 9.77. The van der Waals surface area contributed by atoms with Gasteiger partial charge in [0.25, 0.3) is 5.91 Å². The van der Waals surface area contributed by atoms with Gasteiger partial charge in [-0.2, -0.15) is 0 Å². The number of rotatable bonds is 8. The molecule has 0 aliphatic carbocycles. The summed E-state index contributed by atoms with van der Waals surface area (Å²) < 4.78 is 29.8. The monoisotopic (exact) mass is 402 g/mol. The molecule has 2 aromatic carbocycles. The van der Waals surface area contributed by atoms with Crippen molar-refractivity contribution in [2.45, 2.75) is 13.5 Å². The maximum Gasteiger partial charge on any atom is 0.260 e. The summed E-state index contributed by atoms with van der Waals surface area (Å²) in [6.45, 7) is 5.79. The van der Waals surface area contributed by atoms with Gasteiger partial charge in [0, 0.05) is 38.3 Å². The van der Waals surface area contributed by atoms with Crippen LogP contribution in [0, 0.1) is 5.82 Å². The van der Waals surface area contributed by atoms with Gasteiger partial charge in [0.05, 0.1) is 13.7 Å². The average molecular weight is 402 g/mol. The second-order valence-electron chi connectivity index (χ2n) is 6.81. The Kier molecular flexibility index (Phi) is 7.30. The van der Waals surface area contributed by atoms with E-state index in [0.29, 0.717) is 50.8 Å². The lowest BCUT2D eigenvalue weighted by Gasteiger charge is -2.34. The molecular weight excluding hydrogens is 375 g/mol. The molecule has 0 unspecified atom stereocenters. The van der Waals surface area contributed by atoms with Crippen LogP contribution in [0.1, 0.15) is 12.5 Å². The lowest BCUT2D eigenvalue weighted by Crippen LogP contribution is -2.49. The second kappa shape index (κ2) is 10.1. The molecule has 0 saturated carbocycles. The highest BCUT2D eigenvalue weighted by atomic mass is 19.1. The summed E-state index contributed by atoms with van der Waals surface area (Å²) in [7, 11) is 1.58. The van der Waals surface area contributed by atoms with E-state index in [0.717, 1.165) is 11.3 Å². The minimum atomic E-state index is -0.277. The van der Waals surface area contributed by atoms with Crippen LogP contribution in [-0.2, 0) is 11.3 Å².